The van der Waals surface area contributed by atoms with Crippen molar-refractivity contribution in [2.45, 2.75) is 39.2 Å². The second-order valence-electron chi connectivity index (χ2n) is 5.60. The Morgan fingerprint density at radius 3 is 2.90 bits per heavy atom. The molecule has 0 aliphatic heterocycles. The van der Waals surface area contributed by atoms with Crippen LogP contribution in [-0.2, 0) is 0 Å². The predicted molar refractivity (Wildman–Crippen MR) is 79.4 cm³/mol. The Morgan fingerprint density at radius 2 is 2.25 bits per heavy atom. The summed E-state index contributed by atoms with van der Waals surface area (Å²) in [4.78, 5) is 12.4. The number of amides is 1. The van der Waals surface area contributed by atoms with E-state index in [9.17, 15) is 4.79 Å². The number of carbonyl (C=O) groups excluding carboxylic acids is 1. The van der Waals surface area contributed by atoms with Crippen LogP contribution in [0.3, 0.4) is 0 Å². The molecular formula is C17H21NO2. The molecule has 2 rings (SSSR count). The molecule has 1 aliphatic rings. The highest BCUT2D eigenvalue weighted by Crippen LogP contribution is 2.25. The van der Waals surface area contributed by atoms with Crippen molar-refractivity contribution in [2.75, 3.05) is 6.61 Å². The van der Waals surface area contributed by atoms with Gasteiger partial charge in [0.15, 0.2) is 0 Å². The van der Waals surface area contributed by atoms with Crippen molar-refractivity contribution in [3.05, 3.63) is 34.9 Å². The lowest BCUT2D eigenvalue weighted by molar-refractivity contribution is 0.0937. The lowest BCUT2D eigenvalue weighted by atomic mass is 10.0. The van der Waals surface area contributed by atoms with Crippen LogP contribution in [0.25, 0.3) is 0 Å². The van der Waals surface area contributed by atoms with Crippen molar-refractivity contribution in [3.63, 3.8) is 0 Å². The minimum atomic E-state index is -0.199. The van der Waals surface area contributed by atoms with Crippen LogP contribution >= 0.6 is 0 Å². The average molecular weight is 271 g/mol. The molecule has 3 heteroatoms. The number of carbonyl (C=O) groups is 1. The maximum atomic E-state index is 12.4. The van der Waals surface area contributed by atoms with Crippen LogP contribution in [0.5, 0.6) is 0 Å². The first-order valence-electron chi connectivity index (χ1n) is 7.11. The van der Waals surface area contributed by atoms with Crippen molar-refractivity contribution in [2.24, 2.45) is 5.92 Å². The summed E-state index contributed by atoms with van der Waals surface area (Å²) in [6.45, 7) is 3.98. The molecule has 3 nitrogen and oxygen atoms in total. The van der Waals surface area contributed by atoms with Crippen molar-refractivity contribution >= 4 is 5.91 Å². The van der Waals surface area contributed by atoms with E-state index in [-0.39, 0.29) is 18.6 Å². The fraction of sp³-hybridized carbons (Fsp3) is 0.471. The molecule has 1 saturated carbocycles. The molecule has 1 aromatic carbocycles. The number of hydrogen-bond acceptors (Lipinski definition) is 2. The molecule has 1 fully saturated rings. The zero-order valence-electron chi connectivity index (χ0n) is 12.1. The van der Waals surface area contributed by atoms with E-state index in [1.54, 1.807) is 0 Å². The zero-order valence-corrected chi connectivity index (χ0v) is 12.1. The summed E-state index contributed by atoms with van der Waals surface area (Å²) in [6, 6.07) is 5.88. The quantitative estimate of drug-likeness (QED) is 0.811. The Labute approximate surface area is 120 Å². The molecule has 0 radical (unpaired) electrons. The van der Waals surface area contributed by atoms with Crippen molar-refractivity contribution < 1.29 is 9.90 Å². The van der Waals surface area contributed by atoms with Gasteiger partial charge in [-0.3, -0.25) is 4.79 Å². The van der Waals surface area contributed by atoms with E-state index < -0.39 is 0 Å². The Kier molecular flexibility index (Phi) is 4.81. The number of nitrogens with one attached hydrogen (secondary N) is 1. The molecule has 1 aliphatic carbocycles. The molecule has 1 amide bonds. The maximum Gasteiger partial charge on any atom is 0.252 e. The van der Waals surface area contributed by atoms with Gasteiger partial charge in [-0.05, 0) is 49.8 Å². The van der Waals surface area contributed by atoms with Gasteiger partial charge in [-0.15, -0.1) is 0 Å². The second-order valence-corrected chi connectivity index (χ2v) is 5.60. The van der Waals surface area contributed by atoms with Gasteiger partial charge in [0, 0.05) is 11.6 Å². The van der Waals surface area contributed by atoms with E-state index in [2.05, 4.69) is 24.1 Å². The van der Waals surface area contributed by atoms with Crippen molar-refractivity contribution in [1.29, 1.82) is 0 Å². The second kappa shape index (κ2) is 6.58. The lowest BCUT2D eigenvalue weighted by Gasteiger charge is -2.13. The van der Waals surface area contributed by atoms with Gasteiger partial charge < -0.3 is 10.4 Å². The van der Waals surface area contributed by atoms with Crippen LogP contribution in [-0.4, -0.2) is 23.7 Å². The molecule has 0 aromatic heterocycles. The zero-order chi connectivity index (χ0) is 14.5. The van der Waals surface area contributed by atoms with Crippen LogP contribution in [0.15, 0.2) is 18.2 Å². The minimum absolute atomic E-state index is 0.0636. The third-order valence-corrected chi connectivity index (χ3v) is 3.75. The molecule has 20 heavy (non-hydrogen) atoms. The van der Waals surface area contributed by atoms with Gasteiger partial charge in [0.05, 0.1) is 5.56 Å². The summed E-state index contributed by atoms with van der Waals surface area (Å²) >= 11 is 0. The fourth-order valence-electron chi connectivity index (χ4n) is 2.70. The minimum Gasteiger partial charge on any atom is -0.384 e. The Morgan fingerprint density at radius 1 is 1.45 bits per heavy atom. The van der Waals surface area contributed by atoms with Gasteiger partial charge in [0.1, 0.15) is 6.61 Å². The molecule has 0 saturated heterocycles. The maximum absolute atomic E-state index is 12.4. The molecule has 2 atom stereocenters. The van der Waals surface area contributed by atoms with E-state index in [4.69, 9.17) is 5.11 Å². The summed E-state index contributed by atoms with van der Waals surface area (Å²) in [5.74, 6) is 6.09. The summed E-state index contributed by atoms with van der Waals surface area (Å²) in [7, 11) is 0. The van der Waals surface area contributed by atoms with E-state index >= 15 is 0 Å². The Hall–Kier alpha value is -1.79. The largest absolute Gasteiger partial charge is 0.384 e. The van der Waals surface area contributed by atoms with Crippen LogP contribution in [0.1, 0.15) is 47.7 Å². The highest BCUT2D eigenvalue weighted by molar-refractivity contribution is 5.97. The van der Waals surface area contributed by atoms with E-state index in [0.717, 1.165) is 18.4 Å². The molecule has 1 aromatic rings. The monoisotopic (exact) mass is 271 g/mol. The molecular weight excluding hydrogens is 250 g/mol. The fourth-order valence-corrected chi connectivity index (χ4v) is 2.70. The van der Waals surface area contributed by atoms with Gasteiger partial charge in [-0.25, -0.2) is 0 Å². The molecule has 0 spiro atoms. The number of aryl methyl sites for hydroxylation is 1. The summed E-state index contributed by atoms with van der Waals surface area (Å²) < 4.78 is 0. The van der Waals surface area contributed by atoms with E-state index in [1.807, 2.05) is 25.1 Å². The van der Waals surface area contributed by atoms with Gasteiger partial charge in [0.25, 0.3) is 5.91 Å². The summed E-state index contributed by atoms with van der Waals surface area (Å²) in [5.41, 5.74) is 2.33. The average Bonchev–Trinajstić information content (AvgIpc) is 2.81. The van der Waals surface area contributed by atoms with Gasteiger partial charge in [-0.1, -0.05) is 24.8 Å². The van der Waals surface area contributed by atoms with Crippen LogP contribution in [0.2, 0.25) is 0 Å². The standard InChI is InChI=1S/C17H21NO2/c1-12-6-8-16(14(10-12)4-3-9-19)17(20)18-15-7-5-13(2)11-15/h6,8,10,13,15,19H,5,7,9,11H2,1-2H3,(H,18,20). The third kappa shape index (κ3) is 3.61. The number of rotatable bonds is 2. The van der Waals surface area contributed by atoms with Gasteiger partial charge >= 0.3 is 0 Å². The Balaban J connectivity index is 2.16. The normalized spacial score (nSPS) is 21.1. The molecule has 106 valence electrons. The van der Waals surface area contributed by atoms with Gasteiger partial charge in [0.2, 0.25) is 0 Å². The number of hydrogen-bond donors (Lipinski definition) is 2. The first-order valence-corrected chi connectivity index (χ1v) is 7.11. The van der Waals surface area contributed by atoms with Crippen LogP contribution < -0.4 is 5.32 Å². The lowest BCUT2D eigenvalue weighted by Crippen LogP contribution is -2.33. The number of aliphatic hydroxyl groups is 1. The van der Waals surface area contributed by atoms with Crippen LogP contribution in [0.4, 0.5) is 0 Å². The molecule has 2 unspecified atom stereocenters. The molecule has 0 heterocycles. The SMILES string of the molecule is Cc1ccc(C(=O)NC2CCC(C)C2)c(C#CCO)c1. The number of benzene rings is 1. The van der Waals surface area contributed by atoms with Crippen LogP contribution in [0, 0.1) is 24.7 Å². The highest BCUT2D eigenvalue weighted by Gasteiger charge is 2.23. The predicted octanol–water partition coefficient (Wildman–Crippen LogP) is 2.26. The first-order chi connectivity index (χ1) is 9.60. The van der Waals surface area contributed by atoms with Gasteiger partial charge in [-0.2, -0.15) is 0 Å². The summed E-state index contributed by atoms with van der Waals surface area (Å²) in [6.07, 6.45) is 3.28. The Bertz CT molecular complexity index is 554. The molecule has 2 N–H and O–H groups in total. The third-order valence-electron chi connectivity index (χ3n) is 3.75. The first kappa shape index (κ1) is 14.6. The number of aliphatic hydroxyl groups excluding tert-OH is 1. The van der Waals surface area contributed by atoms with Crippen molar-refractivity contribution in [3.8, 4) is 11.8 Å². The summed E-state index contributed by atoms with van der Waals surface area (Å²) in [5, 5.41) is 11.9. The van der Waals surface area contributed by atoms with E-state index in [0.29, 0.717) is 17.0 Å². The van der Waals surface area contributed by atoms with E-state index in [1.165, 1.54) is 6.42 Å². The highest BCUT2D eigenvalue weighted by atomic mass is 16.2. The topological polar surface area (TPSA) is 49.3 Å². The van der Waals surface area contributed by atoms with Crippen molar-refractivity contribution in [1.82, 2.24) is 5.32 Å². The molecule has 0 bridgehead atoms. The smallest absolute Gasteiger partial charge is 0.252 e.